The fourth-order valence-corrected chi connectivity index (χ4v) is 0.580. The van der Waals surface area contributed by atoms with E-state index in [1.165, 1.54) is 6.07 Å². The van der Waals surface area contributed by atoms with Gasteiger partial charge in [-0.2, -0.15) is 0 Å². The Morgan fingerprint density at radius 1 is 1.90 bits per heavy atom. The third-order valence-corrected chi connectivity index (χ3v) is 1.13. The molecule has 0 atom stereocenters. The lowest BCUT2D eigenvalue weighted by Crippen LogP contribution is -1.94. The molecule has 0 saturated heterocycles. The van der Waals surface area contributed by atoms with E-state index in [-0.39, 0.29) is 5.69 Å². The van der Waals surface area contributed by atoms with Gasteiger partial charge in [0.2, 0.25) is 0 Å². The number of aromatic nitrogens is 1. The number of carbonyl (C=O) groups is 1. The zero-order valence-corrected chi connectivity index (χ0v) is 5.50. The number of aromatic carboxylic acids is 1. The van der Waals surface area contributed by atoms with Gasteiger partial charge < -0.3 is 9.63 Å². The first-order valence-corrected chi connectivity index (χ1v) is 2.93. The summed E-state index contributed by atoms with van der Waals surface area (Å²) in [7, 11) is 1.87. The van der Waals surface area contributed by atoms with Gasteiger partial charge in [0.15, 0.2) is 5.69 Å². The largest absolute Gasteiger partial charge is 0.476 e. The van der Waals surface area contributed by atoms with Crippen molar-refractivity contribution < 1.29 is 14.4 Å². The maximum Gasteiger partial charge on any atom is 0.358 e. The molecule has 4 nitrogen and oxygen atoms in total. The normalized spacial score (nSPS) is 9.60. The molecule has 0 saturated carbocycles. The van der Waals surface area contributed by atoms with E-state index in [2.05, 4.69) is 9.68 Å². The van der Waals surface area contributed by atoms with Gasteiger partial charge >= 0.3 is 5.97 Å². The average Bonchev–Trinajstić information content (AvgIpc) is 2.34. The first-order chi connectivity index (χ1) is 4.74. The first-order valence-electron chi connectivity index (χ1n) is 2.93. The summed E-state index contributed by atoms with van der Waals surface area (Å²) in [6, 6.07) is 1.42. The highest BCUT2D eigenvalue weighted by Crippen LogP contribution is 2.01. The maximum atomic E-state index is 10.2. The molecular weight excluding hydrogens is 133 g/mol. The minimum absolute atomic E-state index is 0.0307. The lowest BCUT2D eigenvalue weighted by Gasteiger charge is -1.77. The van der Waals surface area contributed by atoms with Crippen molar-refractivity contribution in [3.8, 4) is 0 Å². The monoisotopic (exact) mass is 139 g/mol. The topological polar surface area (TPSA) is 63.3 Å². The minimum atomic E-state index is -1.05. The summed E-state index contributed by atoms with van der Waals surface area (Å²) >= 11 is 0. The van der Waals surface area contributed by atoms with Gasteiger partial charge in [-0.1, -0.05) is 5.16 Å². The molecule has 0 aromatic carbocycles. The van der Waals surface area contributed by atoms with Gasteiger partial charge in [-0.05, 0) is 6.32 Å². The van der Waals surface area contributed by atoms with E-state index in [9.17, 15) is 4.79 Å². The zero-order valence-electron chi connectivity index (χ0n) is 5.50. The summed E-state index contributed by atoms with van der Waals surface area (Å²) in [4.78, 5) is 10.2. The molecule has 1 N–H and O–H groups in total. The summed E-state index contributed by atoms with van der Waals surface area (Å²) in [5.41, 5.74) is -0.0307. The number of carboxylic acid groups (broad SMARTS) is 1. The third-order valence-electron chi connectivity index (χ3n) is 1.13. The summed E-state index contributed by atoms with van der Waals surface area (Å²) in [5, 5.41) is 11.7. The van der Waals surface area contributed by atoms with Crippen LogP contribution in [0.5, 0.6) is 0 Å². The van der Waals surface area contributed by atoms with Crippen molar-refractivity contribution in [1.29, 1.82) is 0 Å². The summed E-state index contributed by atoms with van der Waals surface area (Å²) in [6.45, 7) is 0. The molecule has 0 fully saturated rings. The molecule has 0 aliphatic rings. The van der Waals surface area contributed by atoms with Crippen LogP contribution in [0, 0.1) is 0 Å². The molecule has 0 unspecified atom stereocenters. The van der Waals surface area contributed by atoms with Crippen molar-refractivity contribution in [2.75, 3.05) is 0 Å². The molecule has 0 amide bonds. The second-order valence-corrected chi connectivity index (χ2v) is 1.84. The smallest absolute Gasteiger partial charge is 0.358 e. The van der Waals surface area contributed by atoms with Crippen molar-refractivity contribution in [2.24, 2.45) is 0 Å². The van der Waals surface area contributed by atoms with Crippen LogP contribution in [0.1, 0.15) is 16.2 Å². The molecule has 0 spiro atoms. The van der Waals surface area contributed by atoms with Crippen LogP contribution in [0.3, 0.4) is 0 Å². The summed E-state index contributed by atoms with van der Waals surface area (Å²) in [5.74, 6) is -0.458. The van der Waals surface area contributed by atoms with Crippen LogP contribution in [0.4, 0.5) is 0 Å². The van der Waals surface area contributed by atoms with Gasteiger partial charge in [0.05, 0.1) is 0 Å². The molecule has 1 heterocycles. The molecule has 0 aliphatic carbocycles. The van der Waals surface area contributed by atoms with Gasteiger partial charge in [-0.15, -0.1) is 0 Å². The molecule has 0 aliphatic heterocycles. The van der Waals surface area contributed by atoms with Crippen LogP contribution >= 0.6 is 0 Å². The number of nitrogens with zero attached hydrogens (tertiary/aromatic N) is 1. The SMILES string of the molecule is BCc1cc(C(=O)O)no1. The molecule has 10 heavy (non-hydrogen) atoms. The van der Waals surface area contributed by atoms with Gasteiger partial charge in [0, 0.05) is 6.07 Å². The Morgan fingerprint density at radius 3 is 2.90 bits per heavy atom. The molecule has 1 rings (SSSR count). The van der Waals surface area contributed by atoms with Crippen molar-refractivity contribution >= 4 is 13.8 Å². The Labute approximate surface area is 58.2 Å². The zero-order chi connectivity index (χ0) is 7.56. The standard InChI is InChI=1S/C5H6BNO3/c6-2-3-1-4(5(8)9)7-10-3/h1H,2,6H2,(H,8,9). The van der Waals surface area contributed by atoms with E-state index in [4.69, 9.17) is 5.11 Å². The second-order valence-electron chi connectivity index (χ2n) is 1.84. The molecule has 1 aromatic heterocycles. The number of hydrogen-bond acceptors (Lipinski definition) is 3. The van der Waals surface area contributed by atoms with Crippen molar-refractivity contribution in [3.05, 3.63) is 17.5 Å². The van der Waals surface area contributed by atoms with E-state index in [1.54, 1.807) is 0 Å². The molecule has 0 radical (unpaired) electrons. The molecular formula is C5H6BNO3. The summed E-state index contributed by atoms with van der Waals surface area (Å²) in [6.07, 6.45) is 0.667. The van der Waals surface area contributed by atoms with Crippen LogP contribution < -0.4 is 0 Å². The summed E-state index contributed by atoms with van der Waals surface area (Å²) < 4.78 is 4.64. The van der Waals surface area contributed by atoms with Gasteiger partial charge in [-0.25, -0.2) is 4.79 Å². The highest BCUT2D eigenvalue weighted by Gasteiger charge is 2.08. The number of carboxylic acids is 1. The van der Waals surface area contributed by atoms with E-state index >= 15 is 0 Å². The number of rotatable bonds is 2. The maximum absolute atomic E-state index is 10.2. The molecule has 52 valence electrons. The average molecular weight is 139 g/mol. The first kappa shape index (κ1) is 6.86. The van der Waals surface area contributed by atoms with Crippen LogP contribution in [-0.2, 0) is 6.32 Å². The van der Waals surface area contributed by atoms with Crippen molar-refractivity contribution in [1.82, 2.24) is 5.16 Å². The Kier molecular flexibility index (Phi) is 1.75. The Balaban J connectivity index is 2.88. The van der Waals surface area contributed by atoms with E-state index in [0.29, 0.717) is 12.1 Å². The second kappa shape index (κ2) is 2.55. The van der Waals surface area contributed by atoms with Crippen molar-refractivity contribution in [2.45, 2.75) is 6.32 Å². The van der Waals surface area contributed by atoms with Crippen molar-refractivity contribution in [3.63, 3.8) is 0 Å². The molecule has 0 bridgehead atoms. The lowest BCUT2D eigenvalue weighted by molar-refractivity contribution is 0.0685. The van der Waals surface area contributed by atoms with E-state index < -0.39 is 5.97 Å². The molecule has 1 aromatic rings. The predicted octanol–water partition coefficient (Wildman–Crippen LogP) is -0.494. The van der Waals surface area contributed by atoms with Crippen LogP contribution in [0.2, 0.25) is 0 Å². The Bertz CT molecular complexity index is 245. The van der Waals surface area contributed by atoms with Crippen LogP contribution in [0.25, 0.3) is 0 Å². The van der Waals surface area contributed by atoms with Crippen LogP contribution in [0.15, 0.2) is 10.6 Å². The van der Waals surface area contributed by atoms with Gasteiger partial charge in [0.1, 0.15) is 13.6 Å². The fourth-order valence-electron chi connectivity index (χ4n) is 0.580. The predicted molar refractivity (Wildman–Crippen MR) is 35.7 cm³/mol. The van der Waals surface area contributed by atoms with Crippen LogP contribution in [-0.4, -0.2) is 24.1 Å². The third kappa shape index (κ3) is 1.18. The van der Waals surface area contributed by atoms with E-state index in [1.807, 2.05) is 7.85 Å². The fraction of sp³-hybridized carbons (Fsp3) is 0.200. The number of hydrogen-bond donors (Lipinski definition) is 1. The minimum Gasteiger partial charge on any atom is -0.476 e. The molecule has 5 heteroatoms. The van der Waals surface area contributed by atoms with Gasteiger partial charge in [0.25, 0.3) is 0 Å². The van der Waals surface area contributed by atoms with Gasteiger partial charge in [-0.3, -0.25) is 0 Å². The quantitative estimate of drug-likeness (QED) is 0.561. The lowest BCUT2D eigenvalue weighted by atomic mass is 10.0. The highest BCUT2D eigenvalue weighted by atomic mass is 16.5. The Hall–Kier alpha value is -1.26. The Morgan fingerprint density at radius 2 is 2.60 bits per heavy atom. The van der Waals surface area contributed by atoms with E-state index in [0.717, 1.165) is 0 Å². The highest BCUT2D eigenvalue weighted by molar-refractivity contribution is 6.08.